The summed E-state index contributed by atoms with van der Waals surface area (Å²) in [6.07, 6.45) is 12.8. The molecule has 5 atom stereocenters. The van der Waals surface area contributed by atoms with E-state index in [0.29, 0.717) is 0 Å². The average molecular weight is 327 g/mol. The predicted molar refractivity (Wildman–Crippen MR) is 105 cm³/mol. The van der Waals surface area contributed by atoms with E-state index in [0.717, 1.165) is 29.6 Å². The predicted octanol–water partition coefficient (Wildman–Crippen LogP) is 6.98. The third-order valence-corrected chi connectivity index (χ3v) is 7.28. The Hall–Kier alpha value is -0.780. The van der Waals surface area contributed by atoms with Crippen molar-refractivity contribution in [3.05, 3.63) is 34.9 Å². The van der Waals surface area contributed by atoms with Gasteiger partial charge >= 0.3 is 0 Å². The number of hydrogen-bond donors (Lipinski definition) is 0. The molecule has 1 aromatic rings. The summed E-state index contributed by atoms with van der Waals surface area (Å²) in [5.41, 5.74) is 4.90. The van der Waals surface area contributed by atoms with Crippen LogP contribution in [0.25, 0.3) is 0 Å². The van der Waals surface area contributed by atoms with E-state index in [-0.39, 0.29) is 0 Å². The largest absolute Gasteiger partial charge is 0.0654 e. The summed E-state index contributed by atoms with van der Waals surface area (Å²) in [6.45, 7) is 9.66. The summed E-state index contributed by atoms with van der Waals surface area (Å²) in [7, 11) is 0. The Balaban J connectivity index is 1.59. The van der Waals surface area contributed by atoms with Crippen LogP contribution in [0.3, 0.4) is 0 Å². The van der Waals surface area contributed by atoms with Crippen molar-refractivity contribution in [3.8, 4) is 0 Å². The summed E-state index contributed by atoms with van der Waals surface area (Å²) >= 11 is 0. The van der Waals surface area contributed by atoms with Crippen molar-refractivity contribution >= 4 is 0 Å². The van der Waals surface area contributed by atoms with Crippen LogP contribution < -0.4 is 0 Å². The molecule has 0 saturated heterocycles. The Bertz CT molecular complexity index is 529. The molecular weight excluding hydrogens is 288 g/mol. The minimum absolute atomic E-state index is 0.931. The van der Waals surface area contributed by atoms with Gasteiger partial charge in [0.05, 0.1) is 0 Å². The summed E-state index contributed by atoms with van der Waals surface area (Å²) < 4.78 is 0. The zero-order chi connectivity index (χ0) is 17.1. The van der Waals surface area contributed by atoms with Crippen LogP contribution in [0.5, 0.6) is 0 Å². The van der Waals surface area contributed by atoms with Gasteiger partial charge < -0.3 is 0 Å². The molecule has 2 aliphatic rings. The van der Waals surface area contributed by atoms with Crippen LogP contribution in [0, 0.1) is 36.5 Å². The lowest BCUT2D eigenvalue weighted by molar-refractivity contribution is 0.242. The van der Waals surface area contributed by atoms with Crippen molar-refractivity contribution in [1.29, 1.82) is 0 Å². The topological polar surface area (TPSA) is 0 Å². The highest BCUT2D eigenvalue weighted by atomic mass is 14.5. The molecule has 2 aliphatic carbocycles. The Morgan fingerprint density at radius 3 is 2.75 bits per heavy atom. The van der Waals surface area contributed by atoms with Crippen molar-refractivity contribution in [2.45, 2.75) is 85.5 Å². The van der Waals surface area contributed by atoms with Crippen LogP contribution in [0.1, 0.15) is 82.4 Å². The van der Waals surface area contributed by atoms with Gasteiger partial charge in [-0.2, -0.15) is 0 Å². The second-order valence-corrected chi connectivity index (χ2v) is 9.10. The first-order valence-corrected chi connectivity index (χ1v) is 10.7. The molecule has 0 spiro atoms. The fourth-order valence-corrected chi connectivity index (χ4v) is 5.78. The van der Waals surface area contributed by atoms with Gasteiger partial charge in [0, 0.05) is 0 Å². The lowest BCUT2D eigenvalue weighted by Crippen LogP contribution is -2.26. The minimum atomic E-state index is 0.931. The second-order valence-electron chi connectivity index (χ2n) is 9.10. The van der Waals surface area contributed by atoms with Gasteiger partial charge in [-0.05, 0) is 78.9 Å². The molecule has 24 heavy (non-hydrogen) atoms. The molecule has 0 aliphatic heterocycles. The van der Waals surface area contributed by atoms with E-state index in [1.807, 2.05) is 0 Å². The van der Waals surface area contributed by atoms with Crippen LogP contribution >= 0.6 is 0 Å². The molecule has 0 nitrogen and oxygen atoms in total. The van der Waals surface area contributed by atoms with Gasteiger partial charge in [-0.15, -0.1) is 0 Å². The van der Waals surface area contributed by atoms with Gasteiger partial charge in [0.1, 0.15) is 0 Å². The monoisotopic (exact) mass is 326 g/mol. The number of rotatable bonds is 7. The van der Waals surface area contributed by atoms with Gasteiger partial charge in [0.15, 0.2) is 0 Å². The number of benzene rings is 1. The second kappa shape index (κ2) is 8.07. The van der Waals surface area contributed by atoms with Crippen LogP contribution in [0.15, 0.2) is 18.2 Å². The zero-order valence-electron chi connectivity index (χ0n) is 16.5. The van der Waals surface area contributed by atoms with E-state index in [9.17, 15) is 0 Å². The van der Waals surface area contributed by atoms with E-state index in [1.54, 1.807) is 11.1 Å². The highest BCUT2D eigenvalue weighted by Gasteiger charge is 2.43. The van der Waals surface area contributed by atoms with E-state index < -0.39 is 0 Å². The fourth-order valence-electron chi connectivity index (χ4n) is 5.78. The number of unbranched alkanes of at least 4 members (excludes halogenated alkanes) is 2. The van der Waals surface area contributed by atoms with Gasteiger partial charge in [-0.3, -0.25) is 0 Å². The first-order valence-electron chi connectivity index (χ1n) is 10.7. The number of hydrogen-bond acceptors (Lipinski definition) is 0. The Morgan fingerprint density at radius 2 is 1.96 bits per heavy atom. The maximum atomic E-state index is 2.54. The quantitative estimate of drug-likeness (QED) is 0.474. The Kier molecular flexibility index (Phi) is 6.06. The van der Waals surface area contributed by atoms with Crippen molar-refractivity contribution in [3.63, 3.8) is 0 Å². The summed E-state index contributed by atoms with van der Waals surface area (Å²) in [5, 5.41) is 0. The van der Waals surface area contributed by atoms with Gasteiger partial charge in [0.2, 0.25) is 0 Å². The average Bonchev–Trinajstić information content (AvgIpc) is 2.86. The fraction of sp³-hybridized carbons (Fsp3) is 0.750. The van der Waals surface area contributed by atoms with E-state index in [2.05, 4.69) is 45.9 Å². The van der Waals surface area contributed by atoms with Gasteiger partial charge in [-0.1, -0.05) is 71.1 Å². The standard InChI is InChI=1S/C24H38/c1-5-6-7-9-17(2)12-13-22-19(4)14-21-16-23-18(3)10-8-11-20(23)15-24(21)22/h8,10-11,17,19,21-22,24H,5-7,9,12-16H2,1-4H3. The molecule has 0 amide bonds. The molecule has 0 heteroatoms. The third-order valence-electron chi connectivity index (χ3n) is 7.28. The molecule has 0 heterocycles. The summed E-state index contributed by atoms with van der Waals surface area (Å²) in [6, 6.07) is 7.00. The molecule has 134 valence electrons. The highest BCUT2D eigenvalue weighted by Crippen LogP contribution is 2.50. The summed E-state index contributed by atoms with van der Waals surface area (Å²) in [5.74, 6) is 4.79. The van der Waals surface area contributed by atoms with Crippen LogP contribution in [-0.2, 0) is 12.8 Å². The van der Waals surface area contributed by atoms with Gasteiger partial charge in [0.25, 0.3) is 0 Å². The van der Waals surface area contributed by atoms with Crippen molar-refractivity contribution < 1.29 is 0 Å². The van der Waals surface area contributed by atoms with Crippen molar-refractivity contribution in [2.24, 2.45) is 29.6 Å². The van der Waals surface area contributed by atoms with Crippen LogP contribution in [-0.4, -0.2) is 0 Å². The molecule has 0 radical (unpaired) electrons. The van der Waals surface area contributed by atoms with Gasteiger partial charge in [-0.25, -0.2) is 0 Å². The lowest BCUT2D eigenvalue weighted by atomic mass is 9.72. The zero-order valence-corrected chi connectivity index (χ0v) is 16.5. The molecule has 0 N–H and O–H groups in total. The third kappa shape index (κ3) is 3.89. The highest BCUT2D eigenvalue weighted by molar-refractivity contribution is 5.37. The lowest BCUT2D eigenvalue weighted by Gasteiger charge is -2.33. The Labute approximate surface area is 150 Å². The minimum Gasteiger partial charge on any atom is -0.0654 e. The van der Waals surface area contributed by atoms with E-state index in [4.69, 9.17) is 0 Å². The first kappa shape index (κ1) is 18.0. The maximum Gasteiger partial charge on any atom is -0.0242 e. The molecule has 0 aromatic heterocycles. The maximum absolute atomic E-state index is 2.54. The SMILES string of the molecule is CCCCCC(C)CCC1C(C)CC2Cc3c(C)cccc3CC21. The molecular formula is C24H38. The number of fused-ring (bicyclic) bond motifs is 2. The smallest absolute Gasteiger partial charge is 0.0242 e. The molecule has 1 saturated carbocycles. The Morgan fingerprint density at radius 1 is 1.12 bits per heavy atom. The molecule has 3 rings (SSSR count). The van der Waals surface area contributed by atoms with Crippen LogP contribution in [0.2, 0.25) is 0 Å². The molecule has 5 unspecified atom stereocenters. The first-order chi connectivity index (χ1) is 11.6. The van der Waals surface area contributed by atoms with Crippen molar-refractivity contribution in [2.75, 3.05) is 0 Å². The normalized spacial score (nSPS) is 30.0. The molecule has 0 bridgehead atoms. The number of aryl methyl sites for hydroxylation is 1. The summed E-state index contributed by atoms with van der Waals surface area (Å²) in [4.78, 5) is 0. The van der Waals surface area contributed by atoms with E-state index >= 15 is 0 Å². The van der Waals surface area contributed by atoms with Crippen LogP contribution in [0.4, 0.5) is 0 Å². The molecule has 1 aromatic carbocycles. The van der Waals surface area contributed by atoms with Crippen molar-refractivity contribution in [1.82, 2.24) is 0 Å². The van der Waals surface area contributed by atoms with E-state index in [1.165, 1.54) is 63.4 Å². The molecule has 1 fully saturated rings.